The van der Waals surface area contributed by atoms with Crippen molar-refractivity contribution in [1.29, 1.82) is 0 Å². The molecule has 0 radical (unpaired) electrons. The maximum atomic E-state index is 5.33. The monoisotopic (exact) mass is 344 g/mol. The summed E-state index contributed by atoms with van der Waals surface area (Å²) < 4.78 is 7.36. The number of hydrogen-bond acceptors (Lipinski definition) is 7. The highest BCUT2D eigenvalue weighted by Crippen LogP contribution is 2.19. The molecule has 4 heterocycles. The van der Waals surface area contributed by atoms with Gasteiger partial charge in [-0.05, 0) is 17.9 Å². The first-order chi connectivity index (χ1) is 11.7. The van der Waals surface area contributed by atoms with Gasteiger partial charge in [0.25, 0.3) is 0 Å². The molecular weight excluding hydrogens is 324 g/mol. The van der Waals surface area contributed by atoms with E-state index >= 15 is 0 Å². The van der Waals surface area contributed by atoms with E-state index in [1.54, 1.807) is 11.3 Å². The Labute approximate surface area is 144 Å². The van der Waals surface area contributed by atoms with E-state index in [0.717, 1.165) is 36.6 Å². The van der Waals surface area contributed by atoms with Crippen LogP contribution in [0.3, 0.4) is 0 Å². The van der Waals surface area contributed by atoms with Gasteiger partial charge in [0.15, 0.2) is 5.82 Å². The molecule has 0 fully saturated rings. The zero-order valence-electron chi connectivity index (χ0n) is 13.8. The summed E-state index contributed by atoms with van der Waals surface area (Å²) in [4.78, 5) is 9.06. The van der Waals surface area contributed by atoms with Crippen molar-refractivity contribution in [3.63, 3.8) is 0 Å². The maximum absolute atomic E-state index is 5.33. The number of nitrogens with one attached hydrogen (secondary N) is 1. The molecule has 8 heteroatoms. The predicted molar refractivity (Wildman–Crippen MR) is 90.7 cm³/mol. The van der Waals surface area contributed by atoms with E-state index in [-0.39, 0.29) is 0 Å². The second-order valence-corrected chi connectivity index (χ2v) is 7.14. The lowest BCUT2D eigenvalue weighted by Crippen LogP contribution is -2.37. The second kappa shape index (κ2) is 6.45. The third kappa shape index (κ3) is 3.11. The Morgan fingerprint density at radius 2 is 2.33 bits per heavy atom. The summed E-state index contributed by atoms with van der Waals surface area (Å²) in [7, 11) is 0. The minimum atomic E-state index is 0.343. The molecule has 0 bridgehead atoms. The van der Waals surface area contributed by atoms with E-state index in [0.29, 0.717) is 30.2 Å². The quantitative estimate of drug-likeness (QED) is 0.766. The molecule has 1 atom stereocenters. The first kappa shape index (κ1) is 15.5. The van der Waals surface area contributed by atoms with Crippen molar-refractivity contribution in [1.82, 2.24) is 30.2 Å². The highest BCUT2D eigenvalue weighted by atomic mass is 32.1. The minimum Gasteiger partial charge on any atom is -0.338 e. The molecule has 1 aliphatic heterocycles. The van der Waals surface area contributed by atoms with Crippen LogP contribution in [0.2, 0.25) is 0 Å². The summed E-state index contributed by atoms with van der Waals surface area (Å²) in [5.41, 5.74) is 1.00. The zero-order chi connectivity index (χ0) is 16.5. The van der Waals surface area contributed by atoms with Gasteiger partial charge in [-0.3, -0.25) is 0 Å². The predicted octanol–water partition coefficient (Wildman–Crippen LogP) is 2.62. The molecule has 0 aliphatic carbocycles. The number of fused-ring (bicyclic) bond motifs is 1. The van der Waals surface area contributed by atoms with Crippen molar-refractivity contribution in [2.75, 3.05) is 0 Å². The molecule has 7 nitrogen and oxygen atoms in total. The average Bonchev–Trinajstić information content (AvgIpc) is 3.30. The first-order valence-electron chi connectivity index (χ1n) is 8.21. The Hall–Kier alpha value is -2.06. The third-order valence-corrected chi connectivity index (χ3v) is 4.86. The Balaban J connectivity index is 1.37. The topological polar surface area (TPSA) is 81.7 Å². The summed E-state index contributed by atoms with van der Waals surface area (Å²) in [6, 6.07) is 2.34. The standard InChI is InChI=1S/C16H20N6OS/c1-10(2)15-18-13-4-3-12(8-22(13)20-15)17-7-14-19-16(21-23-14)11-5-6-24-9-11/h5-6,9-10,12,17H,3-4,7-8H2,1-2H3/t12-/m0/s1. The van der Waals surface area contributed by atoms with Crippen LogP contribution in [0.4, 0.5) is 0 Å². The molecule has 3 aromatic heterocycles. The SMILES string of the molecule is CC(C)c1nc2n(n1)C[C@@H](NCc1nc(-c3ccsc3)no1)CC2. The van der Waals surface area contributed by atoms with Crippen LogP contribution in [0.5, 0.6) is 0 Å². The van der Waals surface area contributed by atoms with E-state index in [9.17, 15) is 0 Å². The number of aromatic nitrogens is 5. The Bertz CT molecular complexity index is 807. The Kier molecular flexibility index (Phi) is 4.15. The molecule has 1 N–H and O–H groups in total. The van der Waals surface area contributed by atoms with E-state index in [1.807, 2.05) is 21.5 Å². The molecule has 3 aromatic rings. The Morgan fingerprint density at radius 1 is 1.42 bits per heavy atom. The minimum absolute atomic E-state index is 0.343. The molecule has 24 heavy (non-hydrogen) atoms. The van der Waals surface area contributed by atoms with Crippen LogP contribution in [-0.4, -0.2) is 30.9 Å². The van der Waals surface area contributed by atoms with Crippen molar-refractivity contribution in [3.05, 3.63) is 34.4 Å². The maximum Gasteiger partial charge on any atom is 0.240 e. The molecule has 0 amide bonds. The molecule has 0 aromatic carbocycles. The average molecular weight is 344 g/mol. The van der Waals surface area contributed by atoms with Gasteiger partial charge in [0.2, 0.25) is 11.7 Å². The van der Waals surface area contributed by atoms with Crippen LogP contribution in [0.25, 0.3) is 11.4 Å². The van der Waals surface area contributed by atoms with E-state index < -0.39 is 0 Å². The highest BCUT2D eigenvalue weighted by Gasteiger charge is 2.22. The van der Waals surface area contributed by atoms with Gasteiger partial charge in [0, 0.05) is 29.3 Å². The van der Waals surface area contributed by atoms with Gasteiger partial charge in [0.1, 0.15) is 5.82 Å². The molecule has 1 aliphatic rings. The normalized spacial score (nSPS) is 17.4. The molecule has 0 saturated heterocycles. The fraction of sp³-hybridized carbons (Fsp3) is 0.500. The molecule has 0 unspecified atom stereocenters. The van der Waals surface area contributed by atoms with Gasteiger partial charge in [-0.2, -0.15) is 21.4 Å². The van der Waals surface area contributed by atoms with Crippen molar-refractivity contribution in [2.24, 2.45) is 0 Å². The fourth-order valence-corrected chi connectivity index (χ4v) is 3.44. The number of hydrogen-bond donors (Lipinski definition) is 1. The smallest absolute Gasteiger partial charge is 0.240 e. The van der Waals surface area contributed by atoms with E-state index in [1.165, 1.54) is 0 Å². The van der Waals surface area contributed by atoms with Crippen molar-refractivity contribution in [3.8, 4) is 11.4 Å². The van der Waals surface area contributed by atoms with Crippen LogP contribution >= 0.6 is 11.3 Å². The van der Waals surface area contributed by atoms with Gasteiger partial charge in [-0.15, -0.1) is 0 Å². The van der Waals surface area contributed by atoms with Crippen LogP contribution in [-0.2, 0) is 19.5 Å². The molecule has 0 spiro atoms. The second-order valence-electron chi connectivity index (χ2n) is 6.36. The summed E-state index contributed by atoms with van der Waals surface area (Å²) in [5, 5.41) is 16.2. The van der Waals surface area contributed by atoms with Gasteiger partial charge in [0.05, 0.1) is 13.1 Å². The first-order valence-corrected chi connectivity index (χ1v) is 9.15. The molecule has 126 valence electrons. The summed E-state index contributed by atoms with van der Waals surface area (Å²) in [6.07, 6.45) is 1.99. The number of aryl methyl sites for hydroxylation is 1. The fourth-order valence-electron chi connectivity index (χ4n) is 2.81. The van der Waals surface area contributed by atoms with Gasteiger partial charge >= 0.3 is 0 Å². The summed E-state index contributed by atoms with van der Waals surface area (Å²) in [6.45, 7) is 5.65. The number of thiophene rings is 1. The van der Waals surface area contributed by atoms with Gasteiger partial charge in [-0.25, -0.2) is 9.67 Å². The van der Waals surface area contributed by atoms with Crippen LogP contribution < -0.4 is 5.32 Å². The lowest BCUT2D eigenvalue weighted by atomic mass is 10.1. The lowest BCUT2D eigenvalue weighted by molar-refractivity contribution is 0.320. The van der Waals surface area contributed by atoms with E-state index in [4.69, 9.17) is 4.52 Å². The number of nitrogens with zero attached hydrogens (tertiary/aromatic N) is 5. The zero-order valence-corrected chi connectivity index (χ0v) is 14.6. The van der Waals surface area contributed by atoms with Crippen molar-refractivity contribution in [2.45, 2.75) is 51.7 Å². The van der Waals surface area contributed by atoms with E-state index in [2.05, 4.69) is 39.4 Å². The number of rotatable bonds is 5. The lowest BCUT2D eigenvalue weighted by Gasteiger charge is -2.22. The van der Waals surface area contributed by atoms with Crippen LogP contribution in [0.1, 0.15) is 43.7 Å². The van der Waals surface area contributed by atoms with Crippen LogP contribution in [0, 0.1) is 0 Å². The molecule has 4 rings (SSSR count). The van der Waals surface area contributed by atoms with Gasteiger partial charge in [-0.1, -0.05) is 19.0 Å². The summed E-state index contributed by atoms with van der Waals surface area (Å²) >= 11 is 1.62. The largest absolute Gasteiger partial charge is 0.338 e. The molecular formula is C16H20N6OS. The summed E-state index contributed by atoms with van der Waals surface area (Å²) in [5.74, 6) is 3.65. The molecule has 0 saturated carbocycles. The third-order valence-electron chi connectivity index (χ3n) is 4.18. The van der Waals surface area contributed by atoms with Crippen molar-refractivity contribution < 1.29 is 4.52 Å². The van der Waals surface area contributed by atoms with Gasteiger partial charge < -0.3 is 9.84 Å². The van der Waals surface area contributed by atoms with Crippen molar-refractivity contribution >= 4 is 11.3 Å². The highest BCUT2D eigenvalue weighted by molar-refractivity contribution is 7.08. The Morgan fingerprint density at radius 3 is 3.12 bits per heavy atom. The van der Waals surface area contributed by atoms with Crippen LogP contribution in [0.15, 0.2) is 21.3 Å².